The second-order valence-electron chi connectivity index (χ2n) is 7.24. The number of hydrogen-bond acceptors (Lipinski definition) is 8. The molecule has 1 aliphatic heterocycles. The molecule has 1 aromatic carbocycles. The Morgan fingerprint density at radius 1 is 1.22 bits per heavy atom. The molecule has 32 heavy (non-hydrogen) atoms. The van der Waals surface area contributed by atoms with Crippen LogP contribution >= 0.6 is 23.4 Å². The van der Waals surface area contributed by atoms with Gasteiger partial charge in [-0.15, -0.1) is 0 Å². The van der Waals surface area contributed by atoms with Gasteiger partial charge in [0.05, 0.1) is 12.5 Å². The van der Waals surface area contributed by atoms with E-state index in [4.69, 9.17) is 23.4 Å². The van der Waals surface area contributed by atoms with Crippen molar-refractivity contribution in [2.75, 3.05) is 27.3 Å². The maximum Gasteiger partial charge on any atom is 0.247 e. The quantitative estimate of drug-likeness (QED) is 0.429. The Hall–Kier alpha value is -2.66. The Kier molecular flexibility index (Phi) is 6.66. The van der Waals surface area contributed by atoms with Crippen molar-refractivity contribution in [3.8, 4) is 0 Å². The fraction of sp³-hybridized carbons (Fsp3) is 0.250. The number of sulfonamides is 1. The van der Waals surface area contributed by atoms with Gasteiger partial charge in [-0.25, -0.2) is 18.4 Å². The van der Waals surface area contributed by atoms with Gasteiger partial charge in [0.15, 0.2) is 11.6 Å². The van der Waals surface area contributed by atoms with Crippen LogP contribution < -0.4 is 19.8 Å². The summed E-state index contributed by atoms with van der Waals surface area (Å²) >= 11 is 12.2. The minimum absolute atomic E-state index is 0.108. The zero-order chi connectivity index (χ0) is 22.7. The van der Waals surface area contributed by atoms with Crippen LogP contribution in [0.4, 0.5) is 23.3 Å². The van der Waals surface area contributed by atoms with Crippen molar-refractivity contribution in [2.45, 2.75) is 19.5 Å². The monoisotopic (exact) mass is 493 g/mol. The fourth-order valence-electron chi connectivity index (χ4n) is 3.30. The van der Waals surface area contributed by atoms with Crippen molar-refractivity contribution in [3.05, 3.63) is 64.4 Å². The van der Waals surface area contributed by atoms with Crippen molar-refractivity contribution < 1.29 is 8.42 Å². The van der Waals surface area contributed by atoms with Crippen LogP contribution in [0.3, 0.4) is 0 Å². The molecule has 4 rings (SSSR count). The maximum atomic E-state index is 11.8. The lowest BCUT2D eigenvalue weighted by Gasteiger charge is -2.18. The van der Waals surface area contributed by atoms with Gasteiger partial charge in [-0.3, -0.25) is 0 Å². The van der Waals surface area contributed by atoms with E-state index in [2.05, 4.69) is 43.0 Å². The second-order valence-corrected chi connectivity index (χ2v) is 10.0. The van der Waals surface area contributed by atoms with Gasteiger partial charge in [-0.1, -0.05) is 23.7 Å². The molecule has 12 heteroatoms. The van der Waals surface area contributed by atoms with Gasteiger partial charge >= 0.3 is 0 Å². The van der Waals surface area contributed by atoms with Gasteiger partial charge in [-0.05, 0) is 42.3 Å². The molecule has 3 aromatic rings. The van der Waals surface area contributed by atoms with Gasteiger partial charge in [0.25, 0.3) is 0 Å². The fourth-order valence-corrected chi connectivity index (χ4v) is 4.09. The summed E-state index contributed by atoms with van der Waals surface area (Å²) in [7, 11) is -3.67. The van der Waals surface area contributed by atoms with Gasteiger partial charge < -0.3 is 16.0 Å². The van der Waals surface area contributed by atoms with Crippen LogP contribution in [0.1, 0.15) is 16.7 Å². The lowest BCUT2D eigenvalue weighted by Crippen LogP contribution is -2.23. The largest absolute Gasteiger partial charge is 0.364 e. The maximum absolute atomic E-state index is 11.8. The average Bonchev–Trinajstić information content (AvgIpc) is 2.78. The van der Waals surface area contributed by atoms with E-state index >= 15 is 0 Å². The molecule has 0 saturated carbocycles. The Labute approximate surface area is 196 Å². The van der Waals surface area contributed by atoms with Crippen LogP contribution in [0.15, 0.2) is 42.7 Å². The number of pyridine rings is 1. The zero-order valence-corrected chi connectivity index (χ0v) is 19.5. The molecule has 0 saturated heterocycles. The molecule has 0 fully saturated rings. The number of hydrogen-bond donors (Lipinski definition) is 3. The third-order valence-electron chi connectivity index (χ3n) is 4.86. The molecule has 0 aliphatic carbocycles. The summed E-state index contributed by atoms with van der Waals surface area (Å²) in [5, 5.41) is 9.98. The lowest BCUT2D eigenvalue weighted by atomic mass is 10.0. The number of anilines is 4. The number of aromatic nitrogens is 3. The number of nitrogens with one attached hydrogen (secondary N) is 3. The zero-order valence-electron chi connectivity index (χ0n) is 17.1. The molecule has 0 amide bonds. The summed E-state index contributed by atoms with van der Waals surface area (Å²) < 4.78 is 24.2. The number of benzene rings is 1. The Morgan fingerprint density at radius 2 is 2.06 bits per heavy atom. The first-order valence-electron chi connectivity index (χ1n) is 9.77. The summed E-state index contributed by atoms with van der Waals surface area (Å²) in [5.74, 6) is 0.880. The number of rotatable bonds is 7. The molecule has 9 nitrogen and oxygen atoms in total. The lowest BCUT2D eigenvalue weighted by molar-refractivity contribution is 0.603. The summed E-state index contributed by atoms with van der Waals surface area (Å²) in [6.07, 6.45) is 4.93. The summed E-state index contributed by atoms with van der Waals surface area (Å²) in [5.41, 5.74) is 4.03. The van der Waals surface area contributed by atoms with E-state index in [1.807, 2.05) is 6.07 Å². The van der Waals surface area contributed by atoms with E-state index in [0.717, 1.165) is 31.5 Å². The van der Waals surface area contributed by atoms with E-state index in [9.17, 15) is 8.42 Å². The average molecular weight is 494 g/mol. The molecule has 0 bridgehead atoms. The van der Waals surface area contributed by atoms with Crippen molar-refractivity contribution in [1.82, 2.24) is 20.3 Å². The molecular formula is C20H21Cl2N7O2S. The SMILES string of the molecule is CS(=O)(=O)N(Cl)c1ncccc1CNc1nc(Nc2ccc3c(c2)CCNC3)ncc1Cl. The Morgan fingerprint density at radius 3 is 2.88 bits per heavy atom. The van der Waals surface area contributed by atoms with Gasteiger partial charge in [-0.2, -0.15) is 8.81 Å². The minimum Gasteiger partial charge on any atom is -0.364 e. The minimum atomic E-state index is -3.67. The second kappa shape index (κ2) is 9.45. The van der Waals surface area contributed by atoms with E-state index < -0.39 is 10.0 Å². The highest BCUT2D eigenvalue weighted by molar-refractivity contribution is 7.93. The van der Waals surface area contributed by atoms with Crippen LogP contribution in [-0.4, -0.2) is 36.2 Å². The molecule has 0 unspecified atom stereocenters. The van der Waals surface area contributed by atoms with E-state index in [1.165, 1.54) is 23.5 Å². The summed E-state index contributed by atoms with van der Waals surface area (Å²) in [6, 6.07) is 9.57. The molecule has 0 spiro atoms. The Balaban J connectivity index is 1.51. The van der Waals surface area contributed by atoms with E-state index in [-0.39, 0.29) is 12.4 Å². The van der Waals surface area contributed by atoms with Gasteiger partial charge in [0, 0.05) is 42.3 Å². The van der Waals surface area contributed by atoms with Crippen LogP contribution in [0.25, 0.3) is 0 Å². The van der Waals surface area contributed by atoms with Gasteiger partial charge in [0.1, 0.15) is 5.02 Å². The third-order valence-corrected chi connectivity index (χ3v) is 6.81. The molecule has 0 radical (unpaired) electrons. The van der Waals surface area contributed by atoms with Crippen molar-refractivity contribution in [2.24, 2.45) is 0 Å². The number of nitrogens with zero attached hydrogens (tertiary/aromatic N) is 4. The predicted molar refractivity (Wildman–Crippen MR) is 127 cm³/mol. The number of halogens is 2. The molecule has 1 aliphatic rings. The highest BCUT2D eigenvalue weighted by Crippen LogP contribution is 2.26. The smallest absolute Gasteiger partial charge is 0.247 e. The molecule has 3 heterocycles. The van der Waals surface area contributed by atoms with E-state index in [1.54, 1.807) is 12.1 Å². The number of fused-ring (bicyclic) bond motifs is 1. The third kappa shape index (κ3) is 5.21. The van der Waals surface area contributed by atoms with Gasteiger partial charge in [0.2, 0.25) is 16.0 Å². The van der Waals surface area contributed by atoms with Crippen LogP contribution in [0.2, 0.25) is 5.02 Å². The van der Waals surface area contributed by atoms with Crippen LogP contribution in [0.5, 0.6) is 0 Å². The first-order valence-corrected chi connectivity index (χ1v) is 12.3. The van der Waals surface area contributed by atoms with E-state index in [0.29, 0.717) is 26.2 Å². The van der Waals surface area contributed by atoms with Crippen molar-refractivity contribution >= 4 is 56.7 Å². The molecule has 0 atom stereocenters. The summed E-state index contributed by atoms with van der Waals surface area (Å²) in [6.45, 7) is 2.03. The first kappa shape index (κ1) is 22.5. The predicted octanol–water partition coefficient (Wildman–Crippen LogP) is 3.45. The molecule has 168 valence electrons. The highest BCUT2D eigenvalue weighted by Gasteiger charge is 2.20. The van der Waals surface area contributed by atoms with Crippen molar-refractivity contribution in [3.63, 3.8) is 0 Å². The molecular weight excluding hydrogens is 473 g/mol. The topological polar surface area (TPSA) is 112 Å². The van der Waals surface area contributed by atoms with Crippen LogP contribution in [0, 0.1) is 0 Å². The highest BCUT2D eigenvalue weighted by atomic mass is 35.5. The normalized spacial score (nSPS) is 13.3. The standard InChI is InChI=1S/C20H21Cl2N7O2S/c1-32(30,31)29(22)19-15(3-2-7-24-19)11-25-18-17(21)12-26-20(28-18)27-16-5-4-14-10-23-8-6-13(14)9-16/h2-5,7,9,12,23H,6,8,10-11H2,1H3,(H2,25,26,27,28). The van der Waals surface area contributed by atoms with Crippen molar-refractivity contribution in [1.29, 1.82) is 0 Å². The summed E-state index contributed by atoms with van der Waals surface area (Å²) in [4.78, 5) is 12.8. The molecule has 3 N–H and O–H groups in total. The Bertz CT molecular complexity index is 1240. The molecule has 2 aromatic heterocycles. The van der Waals surface area contributed by atoms with Crippen LogP contribution in [-0.2, 0) is 29.5 Å². The first-order chi connectivity index (χ1) is 15.3.